The van der Waals surface area contributed by atoms with E-state index in [9.17, 15) is 24.2 Å². The Balaban J connectivity index is 3.64. The largest absolute Gasteiger partial charge is 0.472 e. The number of allylic oxidation sites excluding steroid dienone is 8. The van der Waals surface area contributed by atoms with Crippen LogP contribution >= 0.6 is 7.82 Å². The summed E-state index contributed by atoms with van der Waals surface area (Å²) in [6.45, 7) is 3.47. The Morgan fingerprint density at radius 1 is 0.585 bits per heavy atom. The van der Waals surface area contributed by atoms with E-state index in [1.54, 1.807) is 0 Å². The maximum Gasteiger partial charge on any atom is 0.472 e. The fourth-order valence-corrected chi connectivity index (χ4v) is 6.26. The third-order valence-corrected chi connectivity index (χ3v) is 9.72. The molecule has 9 nitrogen and oxygen atoms in total. The van der Waals surface area contributed by atoms with Gasteiger partial charge in [-0.1, -0.05) is 140 Å². The number of nitrogens with one attached hydrogen (secondary N) is 1. The third kappa shape index (κ3) is 41.0. The Hall–Kier alpha value is -2.03. The highest BCUT2D eigenvalue weighted by molar-refractivity contribution is 7.47. The Morgan fingerprint density at radius 2 is 1.02 bits per heavy atom. The normalized spacial score (nSPS) is 13.8. The van der Waals surface area contributed by atoms with Gasteiger partial charge in [0, 0.05) is 19.4 Å². The summed E-state index contributed by atoms with van der Waals surface area (Å²) in [5, 5.41) is 12.7. The van der Waals surface area contributed by atoms with Crippen LogP contribution in [-0.4, -0.2) is 54.3 Å². The summed E-state index contributed by atoms with van der Waals surface area (Å²) in [7, 11) is -4.42. The summed E-state index contributed by atoms with van der Waals surface area (Å²) >= 11 is 0. The van der Waals surface area contributed by atoms with Crippen molar-refractivity contribution in [2.75, 3.05) is 26.4 Å². The third-order valence-electron chi connectivity index (χ3n) is 8.73. The summed E-state index contributed by atoms with van der Waals surface area (Å²) < 4.78 is 26.8. The van der Waals surface area contributed by atoms with E-state index in [1.165, 1.54) is 70.6 Å². The van der Waals surface area contributed by atoms with Gasteiger partial charge in [0.05, 0.1) is 13.2 Å². The fraction of sp³-hybridized carbons (Fsp3) is 0.767. The number of ether oxygens (including phenoxy) is 1. The van der Waals surface area contributed by atoms with Crippen molar-refractivity contribution in [1.82, 2.24) is 5.32 Å². The average Bonchev–Trinajstić information content (AvgIpc) is 3.14. The van der Waals surface area contributed by atoms with Crippen LogP contribution in [0.15, 0.2) is 48.6 Å². The molecule has 0 aromatic rings. The van der Waals surface area contributed by atoms with Crippen molar-refractivity contribution in [1.29, 1.82) is 0 Å². The molecule has 2 unspecified atom stereocenters. The second kappa shape index (κ2) is 39.7. The number of phosphoric acid groups is 1. The average molecular weight is 768 g/mol. The predicted molar refractivity (Wildman–Crippen MR) is 220 cm³/mol. The standard InChI is InChI=1S/C43H78NO8P/c1-3-5-7-9-11-13-15-17-19-20-22-24-26-28-30-32-34-36-43(47)50-39-41(45)40-52-53(48,49)51-38-37-44-42(46)35-33-31-29-27-25-23-21-18-16-14-12-10-8-6-4-2/h11-14,17-19,21,41,45H,3-10,15-16,20,22-40H2,1-2H3,(H,44,46)(H,48,49)/b13-11-,14-12-,19-17-,21-18-. The van der Waals surface area contributed by atoms with Crippen LogP contribution in [0.4, 0.5) is 0 Å². The lowest BCUT2D eigenvalue weighted by Gasteiger charge is -2.15. The minimum absolute atomic E-state index is 0.0718. The molecule has 308 valence electrons. The van der Waals surface area contributed by atoms with Crippen LogP contribution in [0.5, 0.6) is 0 Å². The number of aliphatic hydroxyl groups is 1. The number of esters is 1. The second-order valence-corrected chi connectivity index (χ2v) is 15.4. The van der Waals surface area contributed by atoms with E-state index in [-0.39, 0.29) is 32.1 Å². The molecule has 0 heterocycles. The first-order valence-corrected chi connectivity index (χ1v) is 22.6. The van der Waals surface area contributed by atoms with Crippen LogP contribution in [0.1, 0.15) is 181 Å². The summed E-state index contributed by atoms with van der Waals surface area (Å²) in [5.41, 5.74) is 0. The Labute approximate surface area is 324 Å². The first kappa shape index (κ1) is 51.0. The van der Waals surface area contributed by atoms with Crippen molar-refractivity contribution in [3.05, 3.63) is 48.6 Å². The van der Waals surface area contributed by atoms with E-state index >= 15 is 0 Å². The van der Waals surface area contributed by atoms with Crippen molar-refractivity contribution in [3.8, 4) is 0 Å². The molecule has 0 rings (SSSR count). The van der Waals surface area contributed by atoms with Gasteiger partial charge in [-0.3, -0.25) is 18.6 Å². The van der Waals surface area contributed by atoms with E-state index in [0.29, 0.717) is 6.42 Å². The summed E-state index contributed by atoms with van der Waals surface area (Å²) in [5.74, 6) is -0.540. The predicted octanol–water partition coefficient (Wildman–Crippen LogP) is 11.5. The molecule has 53 heavy (non-hydrogen) atoms. The Kier molecular flexibility index (Phi) is 38.1. The number of aliphatic hydroxyl groups excluding tert-OH is 1. The highest BCUT2D eigenvalue weighted by atomic mass is 31.2. The molecule has 0 fully saturated rings. The molecular formula is C43H78NO8P. The van der Waals surface area contributed by atoms with Gasteiger partial charge >= 0.3 is 13.8 Å². The molecule has 1 amide bonds. The number of hydrogen-bond donors (Lipinski definition) is 3. The summed E-state index contributed by atoms with van der Waals surface area (Å²) in [4.78, 5) is 33.9. The lowest BCUT2D eigenvalue weighted by molar-refractivity contribution is -0.147. The second-order valence-electron chi connectivity index (χ2n) is 14.0. The topological polar surface area (TPSA) is 131 Å². The van der Waals surface area contributed by atoms with Gasteiger partial charge in [0.2, 0.25) is 5.91 Å². The molecule has 0 aliphatic heterocycles. The molecular weight excluding hydrogens is 689 g/mol. The molecule has 0 radical (unpaired) electrons. The smallest absolute Gasteiger partial charge is 0.463 e. The molecule has 0 aromatic heterocycles. The minimum atomic E-state index is -4.42. The van der Waals surface area contributed by atoms with Crippen molar-refractivity contribution in [2.45, 2.75) is 187 Å². The van der Waals surface area contributed by atoms with Gasteiger partial charge in [-0.2, -0.15) is 0 Å². The summed E-state index contributed by atoms with van der Waals surface area (Å²) in [6, 6.07) is 0. The van der Waals surface area contributed by atoms with E-state index in [2.05, 4.69) is 67.8 Å². The highest BCUT2D eigenvalue weighted by Crippen LogP contribution is 2.42. The van der Waals surface area contributed by atoms with Crippen molar-refractivity contribution in [2.24, 2.45) is 0 Å². The van der Waals surface area contributed by atoms with E-state index in [1.807, 2.05) is 0 Å². The van der Waals surface area contributed by atoms with Gasteiger partial charge in [-0.05, 0) is 77.0 Å². The number of phosphoric ester groups is 1. The van der Waals surface area contributed by atoms with Crippen LogP contribution < -0.4 is 5.32 Å². The van der Waals surface area contributed by atoms with Gasteiger partial charge in [-0.15, -0.1) is 0 Å². The Bertz CT molecular complexity index is 1010. The van der Waals surface area contributed by atoms with Gasteiger partial charge in [0.25, 0.3) is 0 Å². The first-order chi connectivity index (χ1) is 25.8. The van der Waals surface area contributed by atoms with Crippen LogP contribution in [0.3, 0.4) is 0 Å². The fourth-order valence-electron chi connectivity index (χ4n) is 5.50. The maximum absolute atomic E-state index is 12.1. The molecule has 0 saturated carbocycles. The number of amides is 1. The van der Waals surface area contributed by atoms with Gasteiger partial charge < -0.3 is 20.1 Å². The monoisotopic (exact) mass is 768 g/mol. The zero-order valence-electron chi connectivity index (χ0n) is 33.7. The van der Waals surface area contributed by atoms with E-state index < -0.39 is 26.5 Å². The van der Waals surface area contributed by atoms with E-state index in [4.69, 9.17) is 13.8 Å². The summed E-state index contributed by atoms with van der Waals surface area (Å²) in [6.07, 6.45) is 44.6. The first-order valence-electron chi connectivity index (χ1n) is 21.1. The molecule has 2 atom stereocenters. The minimum Gasteiger partial charge on any atom is -0.463 e. The number of unbranched alkanes of at least 4 members (excludes halogenated alkanes) is 18. The van der Waals surface area contributed by atoms with Crippen LogP contribution in [0.25, 0.3) is 0 Å². The molecule has 0 spiro atoms. The molecule has 3 N–H and O–H groups in total. The molecule has 0 saturated heterocycles. The van der Waals surface area contributed by atoms with Crippen molar-refractivity contribution < 1.29 is 37.9 Å². The molecule has 0 aliphatic carbocycles. The van der Waals surface area contributed by atoms with Crippen molar-refractivity contribution >= 4 is 19.7 Å². The maximum atomic E-state index is 12.1. The number of hydrogen-bond acceptors (Lipinski definition) is 7. The molecule has 0 aromatic carbocycles. The van der Waals surface area contributed by atoms with Crippen LogP contribution in [0.2, 0.25) is 0 Å². The number of rotatable bonds is 39. The SMILES string of the molecule is CCCCC/C=C\C/C=C\CCCCCCCCCC(=O)OCC(O)COP(=O)(O)OCCNC(=O)CCCCCCC/C=C\C/C=C\CCCCC. The number of carbonyl (C=O) groups excluding carboxylic acids is 2. The van der Waals surface area contributed by atoms with E-state index in [0.717, 1.165) is 83.5 Å². The van der Waals surface area contributed by atoms with Gasteiger partial charge in [-0.25, -0.2) is 4.57 Å². The highest BCUT2D eigenvalue weighted by Gasteiger charge is 2.23. The van der Waals surface area contributed by atoms with Crippen molar-refractivity contribution in [3.63, 3.8) is 0 Å². The molecule has 10 heteroatoms. The zero-order valence-corrected chi connectivity index (χ0v) is 34.6. The molecule has 0 aliphatic rings. The Morgan fingerprint density at radius 3 is 1.51 bits per heavy atom. The lowest BCUT2D eigenvalue weighted by Crippen LogP contribution is -2.27. The quantitative estimate of drug-likeness (QED) is 0.0244. The van der Waals surface area contributed by atoms with Gasteiger partial charge in [0.1, 0.15) is 12.7 Å². The van der Waals surface area contributed by atoms with Gasteiger partial charge in [0.15, 0.2) is 0 Å². The molecule has 0 bridgehead atoms. The number of carbonyl (C=O) groups is 2. The zero-order chi connectivity index (χ0) is 38.9. The van der Waals surface area contributed by atoms with Crippen LogP contribution in [-0.2, 0) is 27.9 Å². The lowest BCUT2D eigenvalue weighted by atomic mass is 10.1. The van der Waals surface area contributed by atoms with Crippen LogP contribution in [0, 0.1) is 0 Å².